The van der Waals surface area contributed by atoms with E-state index in [0.717, 1.165) is 23.6 Å². The summed E-state index contributed by atoms with van der Waals surface area (Å²) in [5, 5.41) is 3.89. The normalized spacial score (nSPS) is 10.3. The van der Waals surface area contributed by atoms with Crippen molar-refractivity contribution in [3.05, 3.63) is 11.5 Å². The second-order valence-electron chi connectivity index (χ2n) is 2.85. The third-order valence-corrected chi connectivity index (χ3v) is 1.77. The standard InChI is InChI=1S/C8H15N3O/c1-4-7-8(11(2)3)6(5-9)10-12-7/h4-5,9H2,1-3H3. The third-order valence-electron chi connectivity index (χ3n) is 1.77. The Balaban J connectivity index is 3.07. The van der Waals surface area contributed by atoms with Crippen molar-refractivity contribution in [2.24, 2.45) is 5.73 Å². The quantitative estimate of drug-likeness (QED) is 0.725. The maximum atomic E-state index is 5.51. The van der Waals surface area contributed by atoms with Crippen molar-refractivity contribution in [1.29, 1.82) is 0 Å². The van der Waals surface area contributed by atoms with Crippen LogP contribution in [-0.2, 0) is 13.0 Å². The lowest BCUT2D eigenvalue weighted by atomic mass is 10.2. The maximum absolute atomic E-state index is 5.51. The minimum atomic E-state index is 0.428. The van der Waals surface area contributed by atoms with Gasteiger partial charge in [-0.05, 0) is 0 Å². The number of nitrogens with two attached hydrogens (primary N) is 1. The van der Waals surface area contributed by atoms with Crippen LogP contribution in [0.5, 0.6) is 0 Å². The van der Waals surface area contributed by atoms with E-state index >= 15 is 0 Å². The lowest BCUT2D eigenvalue weighted by molar-refractivity contribution is 0.381. The largest absolute Gasteiger partial charge is 0.373 e. The molecule has 0 bridgehead atoms. The van der Waals surface area contributed by atoms with Gasteiger partial charge in [-0.3, -0.25) is 0 Å². The lowest BCUT2D eigenvalue weighted by Gasteiger charge is -2.11. The molecule has 0 aliphatic rings. The molecule has 1 aromatic heterocycles. The molecule has 0 aliphatic heterocycles. The topological polar surface area (TPSA) is 55.3 Å². The molecule has 0 unspecified atom stereocenters. The zero-order chi connectivity index (χ0) is 9.14. The van der Waals surface area contributed by atoms with Gasteiger partial charge in [0.15, 0.2) is 5.76 Å². The zero-order valence-electron chi connectivity index (χ0n) is 7.79. The molecule has 0 saturated carbocycles. The van der Waals surface area contributed by atoms with E-state index in [1.165, 1.54) is 0 Å². The molecule has 4 heteroatoms. The van der Waals surface area contributed by atoms with Gasteiger partial charge < -0.3 is 15.2 Å². The predicted molar refractivity (Wildman–Crippen MR) is 48.1 cm³/mol. The monoisotopic (exact) mass is 169 g/mol. The molecule has 0 atom stereocenters. The summed E-state index contributed by atoms with van der Waals surface area (Å²) in [5.74, 6) is 0.903. The number of aryl methyl sites for hydroxylation is 1. The fraction of sp³-hybridized carbons (Fsp3) is 0.625. The van der Waals surface area contributed by atoms with Crippen molar-refractivity contribution >= 4 is 5.69 Å². The molecule has 4 nitrogen and oxygen atoms in total. The highest BCUT2D eigenvalue weighted by molar-refractivity contribution is 5.52. The van der Waals surface area contributed by atoms with Crippen molar-refractivity contribution in [2.45, 2.75) is 19.9 Å². The van der Waals surface area contributed by atoms with E-state index in [0.29, 0.717) is 6.54 Å². The first-order chi connectivity index (χ1) is 5.70. The number of hydrogen-bond acceptors (Lipinski definition) is 4. The van der Waals surface area contributed by atoms with Crippen molar-refractivity contribution < 1.29 is 4.52 Å². The van der Waals surface area contributed by atoms with E-state index in [1.54, 1.807) is 0 Å². The summed E-state index contributed by atoms with van der Waals surface area (Å²) < 4.78 is 5.13. The molecule has 0 radical (unpaired) electrons. The Hall–Kier alpha value is -1.03. The van der Waals surface area contributed by atoms with Gasteiger partial charge in [-0.25, -0.2) is 0 Å². The minimum Gasteiger partial charge on any atom is -0.373 e. The molecule has 2 N–H and O–H groups in total. The second kappa shape index (κ2) is 3.58. The SMILES string of the molecule is CCc1onc(CN)c1N(C)C. The van der Waals surface area contributed by atoms with Gasteiger partial charge in [-0.2, -0.15) is 0 Å². The van der Waals surface area contributed by atoms with Crippen LogP contribution in [0, 0.1) is 0 Å². The Morgan fingerprint density at radius 1 is 1.50 bits per heavy atom. The highest BCUT2D eigenvalue weighted by Crippen LogP contribution is 2.23. The number of anilines is 1. The van der Waals surface area contributed by atoms with Gasteiger partial charge >= 0.3 is 0 Å². The van der Waals surface area contributed by atoms with Crippen molar-refractivity contribution in [2.75, 3.05) is 19.0 Å². The third kappa shape index (κ3) is 1.43. The summed E-state index contributed by atoms with van der Waals surface area (Å²) in [6.45, 7) is 2.46. The first-order valence-corrected chi connectivity index (χ1v) is 4.05. The van der Waals surface area contributed by atoms with Crippen LogP contribution in [0.3, 0.4) is 0 Å². The summed E-state index contributed by atoms with van der Waals surface area (Å²) >= 11 is 0. The average molecular weight is 169 g/mol. The van der Waals surface area contributed by atoms with Gasteiger partial charge in [-0.1, -0.05) is 12.1 Å². The van der Waals surface area contributed by atoms with Gasteiger partial charge in [0.25, 0.3) is 0 Å². The fourth-order valence-electron chi connectivity index (χ4n) is 1.23. The lowest BCUT2D eigenvalue weighted by Crippen LogP contribution is -2.13. The maximum Gasteiger partial charge on any atom is 0.160 e. The van der Waals surface area contributed by atoms with Gasteiger partial charge in [0.2, 0.25) is 0 Å². The molecule has 0 fully saturated rings. The molecule has 0 spiro atoms. The number of rotatable bonds is 3. The Labute approximate surface area is 72.3 Å². The zero-order valence-corrected chi connectivity index (χ0v) is 7.79. The first-order valence-electron chi connectivity index (χ1n) is 4.05. The molecule has 0 amide bonds. The minimum absolute atomic E-state index is 0.428. The van der Waals surface area contributed by atoms with Crippen LogP contribution in [-0.4, -0.2) is 19.3 Å². The van der Waals surface area contributed by atoms with E-state index in [9.17, 15) is 0 Å². The Morgan fingerprint density at radius 3 is 2.58 bits per heavy atom. The molecule has 1 rings (SSSR count). The molecule has 1 heterocycles. The van der Waals surface area contributed by atoms with Crippen LogP contribution in [0.1, 0.15) is 18.4 Å². The summed E-state index contributed by atoms with van der Waals surface area (Å²) in [5.41, 5.74) is 7.37. The fourth-order valence-corrected chi connectivity index (χ4v) is 1.23. The summed E-state index contributed by atoms with van der Waals surface area (Å²) in [6.07, 6.45) is 0.848. The summed E-state index contributed by atoms with van der Waals surface area (Å²) in [4.78, 5) is 1.98. The number of hydrogen-bond donors (Lipinski definition) is 1. The smallest absolute Gasteiger partial charge is 0.160 e. The Morgan fingerprint density at radius 2 is 2.17 bits per heavy atom. The first kappa shape index (κ1) is 9.06. The van der Waals surface area contributed by atoms with Crippen molar-refractivity contribution in [1.82, 2.24) is 5.16 Å². The van der Waals surface area contributed by atoms with E-state index < -0.39 is 0 Å². The van der Waals surface area contributed by atoms with Gasteiger partial charge in [-0.15, -0.1) is 0 Å². The van der Waals surface area contributed by atoms with Crippen LogP contribution >= 0.6 is 0 Å². The average Bonchev–Trinajstić information content (AvgIpc) is 2.46. The van der Waals surface area contributed by atoms with Crippen LogP contribution in [0.2, 0.25) is 0 Å². The van der Waals surface area contributed by atoms with Gasteiger partial charge in [0.1, 0.15) is 11.4 Å². The summed E-state index contributed by atoms with van der Waals surface area (Å²) in [6, 6.07) is 0. The molecule has 68 valence electrons. The van der Waals surface area contributed by atoms with Crippen LogP contribution in [0.4, 0.5) is 5.69 Å². The van der Waals surface area contributed by atoms with Crippen LogP contribution in [0.25, 0.3) is 0 Å². The molecule has 0 saturated heterocycles. The Bertz CT molecular complexity index is 233. The molecular weight excluding hydrogens is 154 g/mol. The molecule has 1 aromatic rings. The number of nitrogens with zero attached hydrogens (tertiary/aromatic N) is 2. The van der Waals surface area contributed by atoms with Crippen molar-refractivity contribution in [3.8, 4) is 0 Å². The van der Waals surface area contributed by atoms with Crippen LogP contribution < -0.4 is 10.6 Å². The van der Waals surface area contributed by atoms with E-state index in [4.69, 9.17) is 10.3 Å². The van der Waals surface area contributed by atoms with Gasteiger partial charge in [0, 0.05) is 27.1 Å². The van der Waals surface area contributed by atoms with Gasteiger partial charge in [0.05, 0.1) is 0 Å². The number of aromatic nitrogens is 1. The van der Waals surface area contributed by atoms with E-state index in [2.05, 4.69) is 5.16 Å². The molecule has 12 heavy (non-hydrogen) atoms. The summed E-state index contributed by atoms with van der Waals surface area (Å²) in [7, 11) is 3.93. The van der Waals surface area contributed by atoms with E-state index in [1.807, 2.05) is 25.9 Å². The van der Waals surface area contributed by atoms with E-state index in [-0.39, 0.29) is 0 Å². The molecule has 0 aliphatic carbocycles. The predicted octanol–water partition coefficient (Wildman–Crippen LogP) is 0.762. The molecular formula is C8H15N3O. The second-order valence-corrected chi connectivity index (χ2v) is 2.85. The van der Waals surface area contributed by atoms with Crippen LogP contribution in [0.15, 0.2) is 4.52 Å². The van der Waals surface area contributed by atoms with Crippen molar-refractivity contribution in [3.63, 3.8) is 0 Å². The highest BCUT2D eigenvalue weighted by Gasteiger charge is 2.14. The highest BCUT2D eigenvalue weighted by atomic mass is 16.5. The molecule has 0 aromatic carbocycles. The Kier molecular flexibility index (Phi) is 2.70.